The molecule has 1 aliphatic heterocycles. The summed E-state index contributed by atoms with van der Waals surface area (Å²) in [7, 11) is 0. The van der Waals surface area contributed by atoms with E-state index in [2.05, 4.69) is 15.2 Å². The highest BCUT2D eigenvalue weighted by Gasteiger charge is 2.19. The number of likely N-dealkylation sites (tertiary alicyclic amines) is 1. The highest BCUT2D eigenvalue weighted by Crippen LogP contribution is 2.26. The fourth-order valence-electron chi connectivity index (χ4n) is 2.19. The van der Waals surface area contributed by atoms with Gasteiger partial charge in [0.15, 0.2) is 5.13 Å². The number of anilines is 1. The summed E-state index contributed by atoms with van der Waals surface area (Å²) < 4.78 is 0. The molecule has 0 aliphatic carbocycles. The Labute approximate surface area is 121 Å². The van der Waals surface area contributed by atoms with Gasteiger partial charge in [-0.05, 0) is 25.9 Å². The number of nitrogens with zero attached hydrogens (tertiary/aromatic N) is 2. The molecule has 7 heteroatoms. The third-order valence-electron chi connectivity index (χ3n) is 3.23. The average Bonchev–Trinajstić information content (AvgIpc) is 3.00. The molecule has 1 amide bonds. The Morgan fingerprint density at radius 1 is 1.40 bits per heavy atom. The number of rotatable bonds is 6. The first-order valence-corrected chi connectivity index (χ1v) is 7.62. The molecule has 0 radical (unpaired) electrons. The third kappa shape index (κ3) is 4.01. The van der Waals surface area contributed by atoms with Crippen molar-refractivity contribution in [1.82, 2.24) is 9.88 Å². The maximum absolute atomic E-state index is 11.4. The molecule has 2 N–H and O–H groups in total. The smallest absolute Gasteiger partial charge is 0.309 e. The number of hydrogen-bond acceptors (Lipinski definition) is 5. The molecule has 20 heavy (non-hydrogen) atoms. The first-order chi connectivity index (χ1) is 9.58. The van der Waals surface area contributed by atoms with Crippen LogP contribution in [-0.4, -0.2) is 40.0 Å². The van der Waals surface area contributed by atoms with Crippen LogP contribution in [0.1, 0.15) is 36.8 Å². The summed E-state index contributed by atoms with van der Waals surface area (Å²) in [6.45, 7) is 4.58. The van der Waals surface area contributed by atoms with Gasteiger partial charge in [-0.15, -0.1) is 11.3 Å². The van der Waals surface area contributed by atoms with Gasteiger partial charge in [0, 0.05) is 17.8 Å². The molecule has 1 aromatic rings. The van der Waals surface area contributed by atoms with Crippen molar-refractivity contribution in [2.75, 3.05) is 18.4 Å². The molecule has 0 unspecified atom stereocenters. The minimum Gasteiger partial charge on any atom is -0.481 e. The molecule has 0 spiro atoms. The van der Waals surface area contributed by atoms with E-state index >= 15 is 0 Å². The van der Waals surface area contributed by atoms with Crippen molar-refractivity contribution in [3.63, 3.8) is 0 Å². The van der Waals surface area contributed by atoms with E-state index in [4.69, 9.17) is 5.11 Å². The van der Waals surface area contributed by atoms with E-state index in [1.54, 1.807) is 6.92 Å². The van der Waals surface area contributed by atoms with Gasteiger partial charge in [-0.25, -0.2) is 4.98 Å². The second kappa shape index (κ2) is 6.81. The SMILES string of the molecule is CCC(=O)Nc1nc(CC(=O)O)c(CN2CCCC2)s1. The van der Waals surface area contributed by atoms with Crippen molar-refractivity contribution >= 4 is 28.3 Å². The number of aromatic nitrogens is 1. The lowest BCUT2D eigenvalue weighted by Crippen LogP contribution is -2.19. The summed E-state index contributed by atoms with van der Waals surface area (Å²) in [4.78, 5) is 29.8. The van der Waals surface area contributed by atoms with Crippen LogP contribution < -0.4 is 5.32 Å². The van der Waals surface area contributed by atoms with Gasteiger partial charge < -0.3 is 10.4 Å². The fraction of sp³-hybridized carbons (Fsp3) is 0.615. The Morgan fingerprint density at radius 2 is 2.10 bits per heavy atom. The van der Waals surface area contributed by atoms with E-state index < -0.39 is 5.97 Å². The minimum absolute atomic E-state index is 0.0956. The standard InChI is InChI=1S/C13H19N3O3S/c1-2-11(17)15-13-14-9(7-12(18)19)10(20-13)8-16-5-3-4-6-16/h2-8H2,1H3,(H,18,19)(H,14,15,17). The Kier molecular flexibility index (Phi) is 5.08. The van der Waals surface area contributed by atoms with Crippen LogP contribution in [-0.2, 0) is 22.6 Å². The van der Waals surface area contributed by atoms with Gasteiger partial charge in [0.2, 0.25) is 5.91 Å². The van der Waals surface area contributed by atoms with Crippen LogP contribution >= 0.6 is 11.3 Å². The second-order valence-electron chi connectivity index (χ2n) is 4.84. The van der Waals surface area contributed by atoms with E-state index in [0.717, 1.165) is 24.5 Å². The molecule has 2 heterocycles. The Balaban J connectivity index is 2.13. The van der Waals surface area contributed by atoms with Crippen LogP contribution in [0.3, 0.4) is 0 Å². The molecular weight excluding hydrogens is 278 g/mol. The van der Waals surface area contributed by atoms with E-state index in [-0.39, 0.29) is 12.3 Å². The maximum Gasteiger partial charge on any atom is 0.309 e. The largest absolute Gasteiger partial charge is 0.481 e. The van der Waals surface area contributed by atoms with Crippen LogP contribution in [0.2, 0.25) is 0 Å². The zero-order valence-electron chi connectivity index (χ0n) is 11.5. The number of carboxylic acids is 1. The third-order valence-corrected chi connectivity index (χ3v) is 4.23. The van der Waals surface area contributed by atoms with Gasteiger partial charge in [0.05, 0.1) is 12.1 Å². The molecule has 1 aromatic heterocycles. The number of hydrogen-bond donors (Lipinski definition) is 2. The Bertz CT molecular complexity index is 495. The lowest BCUT2D eigenvalue weighted by molar-refractivity contribution is -0.136. The van der Waals surface area contributed by atoms with Crippen LogP contribution in [0.4, 0.5) is 5.13 Å². The first kappa shape index (κ1) is 14.9. The molecule has 0 atom stereocenters. The number of carbonyl (C=O) groups excluding carboxylic acids is 1. The van der Waals surface area contributed by atoms with Crippen LogP contribution in [0, 0.1) is 0 Å². The van der Waals surface area contributed by atoms with Gasteiger partial charge in [0.25, 0.3) is 0 Å². The maximum atomic E-state index is 11.4. The predicted molar refractivity (Wildman–Crippen MR) is 76.9 cm³/mol. The Hall–Kier alpha value is -1.47. The minimum atomic E-state index is -0.897. The molecule has 1 aliphatic rings. The molecule has 6 nitrogen and oxygen atoms in total. The summed E-state index contributed by atoms with van der Waals surface area (Å²) in [6.07, 6.45) is 2.66. The van der Waals surface area contributed by atoms with Crippen molar-refractivity contribution in [2.45, 2.75) is 39.2 Å². The molecule has 1 fully saturated rings. The molecule has 0 bridgehead atoms. The number of thiazole rings is 1. The van der Waals surface area contributed by atoms with Gasteiger partial charge in [-0.2, -0.15) is 0 Å². The number of amides is 1. The van der Waals surface area contributed by atoms with E-state index in [1.807, 2.05) is 0 Å². The molecular formula is C13H19N3O3S. The lowest BCUT2D eigenvalue weighted by atomic mass is 10.2. The summed E-state index contributed by atoms with van der Waals surface area (Å²) >= 11 is 1.38. The average molecular weight is 297 g/mol. The van der Waals surface area contributed by atoms with Crippen molar-refractivity contribution in [2.24, 2.45) is 0 Å². The molecule has 0 aromatic carbocycles. The van der Waals surface area contributed by atoms with E-state index in [1.165, 1.54) is 24.2 Å². The van der Waals surface area contributed by atoms with Crippen molar-refractivity contribution < 1.29 is 14.7 Å². The Morgan fingerprint density at radius 3 is 2.70 bits per heavy atom. The van der Waals surface area contributed by atoms with Crippen molar-refractivity contribution in [3.05, 3.63) is 10.6 Å². The first-order valence-electron chi connectivity index (χ1n) is 6.81. The summed E-state index contributed by atoms with van der Waals surface area (Å²) in [5.41, 5.74) is 0.570. The zero-order chi connectivity index (χ0) is 14.5. The zero-order valence-corrected chi connectivity index (χ0v) is 12.3. The van der Waals surface area contributed by atoms with Crippen molar-refractivity contribution in [3.8, 4) is 0 Å². The highest BCUT2D eigenvalue weighted by molar-refractivity contribution is 7.15. The monoisotopic (exact) mass is 297 g/mol. The number of carbonyl (C=O) groups is 2. The van der Waals surface area contributed by atoms with Crippen molar-refractivity contribution in [1.29, 1.82) is 0 Å². The number of aliphatic carboxylic acids is 1. The van der Waals surface area contributed by atoms with E-state index in [0.29, 0.717) is 17.2 Å². The quantitative estimate of drug-likeness (QED) is 0.835. The van der Waals surface area contributed by atoms with Gasteiger partial charge >= 0.3 is 5.97 Å². The summed E-state index contributed by atoms with van der Waals surface area (Å²) in [5.74, 6) is -1.00. The molecule has 110 valence electrons. The summed E-state index contributed by atoms with van der Waals surface area (Å²) in [5, 5.41) is 12.2. The highest BCUT2D eigenvalue weighted by atomic mass is 32.1. The van der Waals surface area contributed by atoms with E-state index in [9.17, 15) is 9.59 Å². The molecule has 1 saturated heterocycles. The van der Waals surface area contributed by atoms with Crippen LogP contribution in [0.25, 0.3) is 0 Å². The molecule has 0 saturated carbocycles. The predicted octanol–water partition coefficient (Wildman–Crippen LogP) is 1.71. The number of nitrogens with one attached hydrogen (secondary N) is 1. The molecule has 2 rings (SSSR count). The normalized spacial score (nSPS) is 15.4. The lowest BCUT2D eigenvalue weighted by Gasteiger charge is -2.13. The van der Waals surface area contributed by atoms with Gasteiger partial charge in [-0.1, -0.05) is 6.92 Å². The second-order valence-corrected chi connectivity index (χ2v) is 5.93. The topological polar surface area (TPSA) is 82.5 Å². The van der Waals surface area contributed by atoms with Gasteiger partial charge in [0.1, 0.15) is 0 Å². The van der Waals surface area contributed by atoms with Gasteiger partial charge in [-0.3, -0.25) is 14.5 Å². The fourth-order valence-corrected chi connectivity index (χ4v) is 3.23. The van der Waals surface area contributed by atoms with Crippen LogP contribution in [0.5, 0.6) is 0 Å². The number of carboxylic acid groups (broad SMARTS) is 1. The summed E-state index contributed by atoms with van der Waals surface area (Å²) in [6, 6.07) is 0. The van der Waals surface area contributed by atoms with Crippen LogP contribution in [0.15, 0.2) is 0 Å².